The van der Waals surface area contributed by atoms with E-state index in [4.69, 9.17) is 16.4 Å². The molecule has 17 heavy (non-hydrogen) atoms. The van der Waals surface area contributed by atoms with Gasteiger partial charge in [-0.15, -0.1) is 0 Å². The molecule has 1 aliphatic carbocycles. The van der Waals surface area contributed by atoms with Gasteiger partial charge in [0, 0.05) is 5.02 Å². The van der Waals surface area contributed by atoms with Gasteiger partial charge >= 0.3 is 0 Å². The van der Waals surface area contributed by atoms with Crippen LogP contribution in [0.15, 0.2) is 24.3 Å². The smallest absolute Gasteiger partial charge is 0.0790 e. The SMILES string of the molecule is CCC(NOC1CCCC1)c1cccc(Cl)c1. The lowest BCUT2D eigenvalue weighted by atomic mass is 10.1. The van der Waals surface area contributed by atoms with Crippen LogP contribution in [0.2, 0.25) is 5.02 Å². The second-order valence-electron chi connectivity index (χ2n) is 4.66. The lowest BCUT2D eigenvalue weighted by Crippen LogP contribution is -2.26. The Morgan fingerprint density at radius 3 is 2.82 bits per heavy atom. The van der Waals surface area contributed by atoms with E-state index in [1.54, 1.807) is 0 Å². The van der Waals surface area contributed by atoms with Crippen molar-refractivity contribution in [3.8, 4) is 0 Å². The predicted octanol–water partition coefficient (Wildman–Crippen LogP) is 4.25. The van der Waals surface area contributed by atoms with Gasteiger partial charge in [-0.25, -0.2) is 0 Å². The number of rotatable bonds is 5. The fourth-order valence-electron chi connectivity index (χ4n) is 2.29. The third-order valence-corrected chi connectivity index (χ3v) is 3.57. The number of nitrogens with one attached hydrogen (secondary N) is 1. The van der Waals surface area contributed by atoms with Gasteiger partial charge in [0.2, 0.25) is 0 Å². The molecule has 1 atom stereocenters. The average Bonchev–Trinajstić information content (AvgIpc) is 2.83. The first kappa shape index (κ1) is 12.9. The van der Waals surface area contributed by atoms with E-state index in [-0.39, 0.29) is 6.04 Å². The van der Waals surface area contributed by atoms with Gasteiger partial charge in [0.25, 0.3) is 0 Å². The largest absolute Gasteiger partial charge is 0.298 e. The van der Waals surface area contributed by atoms with Crippen molar-refractivity contribution in [2.45, 2.75) is 51.2 Å². The minimum absolute atomic E-state index is 0.231. The second kappa shape index (κ2) is 6.39. The van der Waals surface area contributed by atoms with Crippen LogP contribution in [0.5, 0.6) is 0 Å². The third kappa shape index (κ3) is 3.70. The molecular formula is C14H20ClNO. The Hall–Kier alpha value is -0.570. The fraction of sp³-hybridized carbons (Fsp3) is 0.571. The summed E-state index contributed by atoms with van der Waals surface area (Å²) in [6.45, 7) is 2.15. The zero-order chi connectivity index (χ0) is 12.1. The summed E-state index contributed by atoms with van der Waals surface area (Å²) in [7, 11) is 0. The molecule has 1 unspecified atom stereocenters. The van der Waals surface area contributed by atoms with E-state index in [9.17, 15) is 0 Å². The summed E-state index contributed by atoms with van der Waals surface area (Å²) in [6.07, 6.45) is 6.33. The third-order valence-electron chi connectivity index (χ3n) is 3.34. The van der Waals surface area contributed by atoms with E-state index in [2.05, 4.69) is 18.5 Å². The molecule has 2 nitrogen and oxygen atoms in total. The molecule has 3 heteroatoms. The molecule has 1 aromatic carbocycles. The number of hydrogen-bond donors (Lipinski definition) is 1. The van der Waals surface area contributed by atoms with Crippen LogP contribution in [-0.4, -0.2) is 6.10 Å². The zero-order valence-corrected chi connectivity index (χ0v) is 11.0. The highest BCUT2D eigenvalue weighted by Gasteiger charge is 2.18. The summed E-state index contributed by atoms with van der Waals surface area (Å²) in [4.78, 5) is 5.76. The molecule has 0 spiro atoms. The van der Waals surface area contributed by atoms with Crippen molar-refractivity contribution in [3.63, 3.8) is 0 Å². The van der Waals surface area contributed by atoms with Crippen molar-refractivity contribution in [2.24, 2.45) is 0 Å². The highest BCUT2D eigenvalue weighted by atomic mass is 35.5. The van der Waals surface area contributed by atoms with Crippen LogP contribution >= 0.6 is 11.6 Å². The van der Waals surface area contributed by atoms with Crippen molar-refractivity contribution in [2.75, 3.05) is 0 Å². The molecule has 1 N–H and O–H groups in total. The van der Waals surface area contributed by atoms with E-state index in [1.807, 2.05) is 18.2 Å². The quantitative estimate of drug-likeness (QED) is 0.792. The van der Waals surface area contributed by atoms with Crippen LogP contribution in [0.3, 0.4) is 0 Å². The lowest BCUT2D eigenvalue weighted by molar-refractivity contribution is -0.0415. The second-order valence-corrected chi connectivity index (χ2v) is 5.09. The summed E-state index contributed by atoms with van der Waals surface area (Å²) in [6, 6.07) is 8.20. The molecule has 0 bridgehead atoms. The fourth-order valence-corrected chi connectivity index (χ4v) is 2.49. The highest BCUT2D eigenvalue weighted by molar-refractivity contribution is 6.30. The predicted molar refractivity (Wildman–Crippen MR) is 71.0 cm³/mol. The van der Waals surface area contributed by atoms with E-state index >= 15 is 0 Å². The number of hydroxylamine groups is 1. The van der Waals surface area contributed by atoms with Crippen molar-refractivity contribution >= 4 is 11.6 Å². The lowest BCUT2D eigenvalue weighted by Gasteiger charge is -2.20. The Kier molecular flexibility index (Phi) is 4.84. The summed E-state index contributed by atoms with van der Waals surface area (Å²) < 4.78 is 0. The maximum atomic E-state index is 6.00. The molecule has 1 fully saturated rings. The first-order valence-electron chi connectivity index (χ1n) is 6.46. The van der Waals surface area contributed by atoms with Crippen molar-refractivity contribution in [3.05, 3.63) is 34.9 Å². The minimum Gasteiger partial charge on any atom is -0.298 e. The van der Waals surface area contributed by atoms with Crippen LogP contribution in [0.1, 0.15) is 50.6 Å². The highest BCUT2D eigenvalue weighted by Crippen LogP contribution is 2.23. The molecule has 2 rings (SSSR count). The Balaban J connectivity index is 1.91. The first-order chi connectivity index (χ1) is 8.29. The molecule has 1 aliphatic rings. The van der Waals surface area contributed by atoms with Gasteiger partial charge < -0.3 is 0 Å². The maximum Gasteiger partial charge on any atom is 0.0790 e. The Labute approximate surface area is 108 Å². The van der Waals surface area contributed by atoms with Crippen molar-refractivity contribution in [1.29, 1.82) is 0 Å². The Bertz CT molecular complexity index is 350. The van der Waals surface area contributed by atoms with Gasteiger partial charge in [0.15, 0.2) is 0 Å². The van der Waals surface area contributed by atoms with Crippen LogP contribution in [0.4, 0.5) is 0 Å². The van der Waals surface area contributed by atoms with Gasteiger partial charge in [-0.05, 0) is 37.0 Å². The average molecular weight is 254 g/mol. The molecule has 0 heterocycles. The van der Waals surface area contributed by atoms with E-state index < -0.39 is 0 Å². The van der Waals surface area contributed by atoms with Crippen LogP contribution < -0.4 is 5.48 Å². The van der Waals surface area contributed by atoms with Crippen molar-refractivity contribution in [1.82, 2.24) is 5.48 Å². The van der Waals surface area contributed by atoms with E-state index in [0.29, 0.717) is 6.10 Å². The molecule has 0 aromatic heterocycles. The molecule has 94 valence electrons. The molecule has 1 saturated carbocycles. The van der Waals surface area contributed by atoms with Crippen LogP contribution in [0, 0.1) is 0 Å². The molecule has 1 aromatic rings. The number of hydrogen-bond acceptors (Lipinski definition) is 2. The van der Waals surface area contributed by atoms with Gasteiger partial charge in [-0.1, -0.05) is 43.5 Å². The van der Waals surface area contributed by atoms with E-state index in [1.165, 1.54) is 31.2 Å². The van der Waals surface area contributed by atoms with E-state index in [0.717, 1.165) is 11.4 Å². The molecule has 0 amide bonds. The normalized spacial score (nSPS) is 18.5. The Morgan fingerprint density at radius 1 is 1.41 bits per heavy atom. The topological polar surface area (TPSA) is 21.3 Å². The Morgan fingerprint density at radius 2 is 2.18 bits per heavy atom. The van der Waals surface area contributed by atoms with Gasteiger partial charge in [-0.2, -0.15) is 5.48 Å². The summed E-state index contributed by atoms with van der Waals surface area (Å²) in [5, 5.41) is 0.781. The standard InChI is InChI=1S/C14H20ClNO/c1-2-14(11-6-5-7-12(15)10-11)16-17-13-8-3-4-9-13/h5-7,10,13-14,16H,2-4,8-9H2,1H3. The summed E-state index contributed by atoms with van der Waals surface area (Å²) in [5.41, 5.74) is 4.39. The number of benzene rings is 1. The zero-order valence-electron chi connectivity index (χ0n) is 10.3. The van der Waals surface area contributed by atoms with Crippen LogP contribution in [0.25, 0.3) is 0 Å². The van der Waals surface area contributed by atoms with Gasteiger partial charge in [0.1, 0.15) is 0 Å². The van der Waals surface area contributed by atoms with Gasteiger partial charge in [-0.3, -0.25) is 4.84 Å². The summed E-state index contributed by atoms with van der Waals surface area (Å²) >= 11 is 6.00. The molecule has 0 aliphatic heterocycles. The maximum absolute atomic E-state index is 6.00. The number of halogens is 1. The van der Waals surface area contributed by atoms with Crippen LogP contribution in [-0.2, 0) is 4.84 Å². The molecule has 0 saturated heterocycles. The first-order valence-corrected chi connectivity index (χ1v) is 6.84. The van der Waals surface area contributed by atoms with Crippen molar-refractivity contribution < 1.29 is 4.84 Å². The minimum atomic E-state index is 0.231. The molecule has 0 radical (unpaired) electrons. The summed E-state index contributed by atoms with van der Waals surface area (Å²) in [5.74, 6) is 0. The monoisotopic (exact) mass is 253 g/mol. The van der Waals surface area contributed by atoms with Gasteiger partial charge in [0.05, 0.1) is 12.1 Å². The molecular weight excluding hydrogens is 234 g/mol.